The molecule has 0 aliphatic heterocycles. The lowest BCUT2D eigenvalue weighted by molar-refractivity contribution is -0.138. The fourth-order valence-electron chi connectivity index (χ4n) is 4.38. The molecule has 0 radical (unpaired) electrons. The van der Waals surface area contributed by atoms with Gasteiger partial charge in [-0.25, -0.2) is 0 Å². The van der Waals surface area contributed by atoms with Crippen LogP contribution in [0, 0.1) is 11.3 Å². The van der Waals surface area contributed by atoms with Gasteiger partial charge in [0.2, 0.25) is 5.91 Å². The molecular formula is C32H36Cl2N2O5. The first-order valence-corrected chi connectivity index (χ1v) is 14.1. The number of carbonyl (C=O) groups is 3. The van der Waals surface area contributed by atoms with Gasteiger partial charge in [0.25, 0.3) is 5.91 Å². The minimum atomic E-state index is -0.994. The molecule has 0 saturated heterocycles. The minimum Gasteiger partial charge on any atom is -0.495 e. The van der Waals surface area contributed by atoms with Crippen molar-refractivity contribution < 1.29 is 24.2 Å². The van der Waals surface area contributed by atoms with Crippen LogP contribution in [0.4, 0.5) is 11.4 Å². The fraction of sp³-hybridized carbons (Fsp3) is 0.344. The summed E-state index contributed by atoms with van der Waals surface area (Å²) in [4.78, 5) is 40.2. The Hall–Kier alpha value is -3.55. The normalized spacial score (nSPS) is 12.1. The van der Waals surface area contributed by atoms with Crippen LogP contribution in [-0.4, -0.2) is 36.5 Å². The van der Waals surface area contributed by atoms with Crippen LogP contribution >= 0.6 is 23.2 Å². The molecule has 0 heterocycles. The van der Waals surface area contributed by atoms with E-state index in [4.69, 9.17) is 27.9 Å². The lowest BCUT2D eigenvalue weighted by Gasteiger charge is -2.32. The van der Waals surface area contributed by atoms with Crippen molar-refractivity contribution in [2.45, 2.75) is 47.0 Å². The third-order valence-corrected chi connectivity index (χ3v) is 7.30. The Morgan fingerprint density at radius 1 is 1.00 bits per heavy atom. The van der Waals surface area contributed by atoms with Crippen molar-refractivity contribution in [3.8, 4) is 5.75 Å². The molecule has 3 aromatic rings. The molecule has 2 amide bonds. The third kappa shape index (κ3) is 8.02. The van der Waals surface area contributed by atoms with Gasteiger partial charge in [0, 0.05) is 17.6 Å². The second kappa shape index (κ2) is 13.4. The van der Waals surface area contributed by atoms with Crippen molar-refractivity contribution in [1.29, 1.82) is 0 Å². The molecule has 1 atom stereocenters. The van der Waals surface area contributed by atoms with E-state index in [1.165, 1.54) is 7.11 Å². The Morgan fingerprint density at radius 2 is 1.66 bits per heavy atom. The molecule has 1 unspecified atom stereocenters. The summed E-state index contributed by atoms with van der Waals surface area (Å²) < 4.78 is 5.58. The number of nitrogens with zero attached hydrogens (tertiary/aromatic N) is 1. The van der Waals surface area contributed by atoms with E-state index >= 15 is 0 Å². The molecule has 0 aliphatic carbocycles. The lowest BCUT2D eigenvalue weighted by atomic mass is 9.90. The summed E-state index contributed by atoms with van der Waals surface area (Å²) in [5.41, 5.74) is 1.99. The second-order valence-electron chi connectivity index (χ2n) is 11.3. The highest BCUT2D eigenvalue weighted by molar-refractivity contribution is 6.44. The molecule has 7 nitrogen and oxygen atoms in total. The number of methoxy groups -OCH3 is 1. The Morgan fingerprint density at radius 3 is 2.22 bits per heavy atom. The molecule has 3 rings (SSSR count). The van der Waals surface area contributed by atoms with Gasteiger partial charge in [-0.1, -0.05) is 82.1 Å². The highest BCUT2D eigenvalue weighted by Gasteiger charge is 2.31. The van der Waals surface area contributed by atoms with Crippen LogP contribution in [0.15, 0.2) is 60.7 Å². The first-order valence-electron chi connectivity index (χ1n) is 13.3. The Bertz CT molecular complexity index is 1410. The zero-order chi connectivity index (χ0) is 30.5. The molecule has 0 aliphatic rings. The van der Waals surface area contributed by atoms with Gasteiger partial charge in [-0.15, -0.1) is 0 Å². The van der Waals surface area contributed by atoms with E-state index < -0.39 is 23.2 Å². The zero-order valence-electron chi connectivity index (χ0n) is 24.1. The van der Waals surface area contributed by atoms with E-state index in [0.717, 1.165) is 5.56 Å². The maximum atomic E-state index is 13.4. The summed E-state index contributed by atoms with van der Waals surface area (Å²) in [5.74, 6) is -1.68. The number of anilines is 2. The SMILES string of the molecule is COc1ccc(C(Cc2ccc(NC(=O)c3cccc(Cl)c3Cl)cc2)C(=O)O)cc1N(CC(C)C)C(=O)C(C)(C)C. The number of ether oxygens (including phenoxy) is 1. The van der Waals surface area contributed by atoms with E-state index in [0.29, 0.717) is 29.2 Å². The van der Waals surface area contributed by atoms with E-state index in [9.17, 15) is 19.5 Å². The fourth-order valence-corrected chi connectivity index (χ4v) is 4.77. The third-order valence-electron chi connectivity index (χ3n) is 6.48. The van der Waals surface area contributed by atoms with Gasteiger partial charge in [0.05, 0.1) is 34.3 Å². The van der Waals surface area contributed by atoms with Crippen molar-refractivity contribution >= 4 is 52.4 Å². The van der Waals surface area contributed by atoms with Crippen LogP contribution in [0.5, 0.6) is 5.75 Å². The number of nitrogens with one attached hydrogen (secondary N) is 1. The second-order valence-corrected chi connectivity index (χ2v) is 12.1. The maximum Gasteiger partial charge on any atom is 0.311 e. The predicted molar refractivity (Wildman–Crippen MR) is 165 cm³/mol. The van der Waals surface area contributed by atoms with Crippen LogP contribution in [-0.2, 0) is 16.0 Å². The van der Waals surface area contributed by atoms with Crippen molar-refractivity contribution in [1.82, 2.24) is 0 Å². The number of carbonyl (C=O) groups excluding carboxylic acids is 2. The Balaban J connectivity index is 1.88. The largest absolute Gasteiger partial charge is 0.495 e. The number of hydrogen-bond acceptors (Lipinski definition) is 4. The summed E-state index contributed by atoms with van der Waals surface area (Å²) in [6.07, 6.45) is 0.201. The molecule has 41 heavy (non-hydrogen) atoms. The van der Waals surface area contributed by atoms with Crippen molar-refractivity contribution in [3.05, 3.63) is 87.4 Å². The van der Waals surface area contributed by atoms with Gasteiger partial charge in [0.15, 0.2) is 0 Å². The summed E-state index contributed by atoms with van der Waals surface area (Å²) in [6, 6.07) is 16.9. The predicted octanol–water partition coefficient (Wildman–Crippen LogP) is 7.70. The lowest BCUT2D eigenvalue weighted by Crippen LogP contribution is -2.42. The minimum absolute atomic E-state index is 0.0785. The number of rotatable bonds is 10. The van der Waals surface area contributed by atoms with Crippen LogP contribution < -0.4 is 15.0 Å². The van der Waals surface area contributed by atoms with Crippen molar-refractivity contribution in [2.75, 3.05) is 23.9 Å². The van der Waals surface area contributed by atoms with Gasteiger partial charge in [-0.2, -0.15) is 0 Å². The zero-order valence-corrected chi connectivity index (χ0v) is 25.6. The molecule has 0 saturated carbocycles. The van der Waals surface area contributed by atoms with Crippen LogP contribution in [0.1, 0.15) is 62.0 Å². The molecular weight excluding hydrogens is 563 g/mol. The number of amides is 2. The van der Waals surface area contributed by atoms with E-state index in [-0.39, 0.29) is 33.9 Å². The molecule has 2 N–H and O–H groups in total. The van der Waals surface area contributed by atoms with Crippen LogP contribution in [0.3, 0.4) is 0 Å². The number of halogens is 2. The number of aliphatic carboxylic acids is 1. The first-order chi connectivity index (χ1) is 19.2. The van der Waals surface area contributed by atoms with E-state index in [2.05, 4.69) is 5.32 Å². The maximum absolute atomic E-state index is 13.4. The van der Waals surface area contributed by atoms with E-state index in [1.54, 1.807) is 65.6 Å². The highest BCUT2D eigenvalue weighted by atomic mass is 35.5. The highest BCUT2D eigenvalue weighted by Crippen LogP contribution is 2.36. The monoisotopic (exact) mass is 598 g/mol. The number of carboxylic acids is 1. The molecule has 3 aromatic carbocycles. The van der Waals surface area contributed by atoms with Gasteiger partial charge < -0.3 is 20.1 Å². The first kappa shape index (κ1) is 32.0. The molecule has 0 spiro atoms. The van der Waals surface area contributed by atoms with E-state index in [1.807, 2.05) is 34.6 Å². The standard InChI is InChI=1S/C32H36Cl2N2O5/c1-19(2)18-36(31(40)32(3,4)5)26-17-21(12-15-27(26)41-6)24(30(38)39)16-20-10-13-22(14-11-20)35-29(37)23-8-7-9-25(33)28(23)34/h7-15,17,19,24H,16,18H2,1-6H3,(H,35,37)(H,38,39). The average molecular weight is 600 g/mol. The molecule has 9 heteroatoms. The summed E-state index contributed by atoms with van der Waals surface area (Å²) in [6.45, 7) is 10.1. The topological polar surface area (TPSA) is 95.9 Å². The molecule has 0 bridgehead atoms. The van der Waals surface area contributed by atoms with Crippen molar-refractivity contribution in [3.63, 3.8) is 0 Å². The van der Waals surface area contributed by atoms with Crippen LogP contribution in [0.25, 0.3) is 0 Å². The molecule has 218 valence electrons. The average Bonchev–Trinajstić information content (AvgIpc) is 2.91. The number of benzene rings is 3. The summed E-state index contributed by atoms with van der Waals surface area (Å²) in [7, 11) is 1.53. The Kier molecular flexibility index (Phi) is 10.5. The summed E-state index contributed by atoms with van der Waals surface area (Å²) in [5, 5.41) is 13.4. The van der Waals surface area contributed by atoms with Gasteiger partial charge in [-0.3, -0.25) is 14.4 Å². The number of carboxylic acid groups (broad SMARTS) is 1. The Labute approximate surface area is 251 Å². The van der Waals surface area contributed by atoms with Gasteiger partial charge in [-0.05, 0) is 59.9 Å². The number of hydrogen-bond donors (Lipinski definition) is 2. The quantitative estimate of drug-likeness (QED) is 0.249. The van der Waals surface area contributed by atoms with Gasteiger partial charge in [0.1, 0.15) is 5.75 Å². The smallest absolute Gasteiger partial charge is 0.311 e. The van der Waals surface area contributed by atoms with Gasteiger partial charge >= 0.3 is 5.97 Å². The molecule has 0 aromatic heterocycles. The van der Waals surface area contributed by atoms with Crippen molar-refractivity contribution in [2.24, 2.45) is 11.3 Å². The summed E-state index contributed by atoms with van der Waals surface area (Å²) >= 11 is 12.2. The van der Waals surface area contributed by atoms with Crippen LogP contribution in [0.2, 0.25) is 10.0 Å². The molecule has 0 fully saturated rings.